The zero-order chi connectivity index (χ0) is 17.5. The smallest absolute Gasteiger partial charge is 0.222 e. The molecule has 25 heavy (non-hydrogen) atoms. The molecule has 0 aromatic carbocycles. The molecule has 1 amide bonds. The van der Waals surface area contributed by atoms with E-state index in [0.29, 0.717) is 5.91 Å². The highest BCUT2D eigenvalue weighted by Gasteiger charge is 2.24. The van der Waals surface area contributed by atoms with Crippen LogP contribution in [0.2, 0.25) is 0 Å². The molecule has 1 atom stereocenters. The maximum absolute atomic E-state index is 12.5. The van der Waals surface area contributed by atoms with Crippen LogP contribution >= 0.6 is 0 Å². The van der Waals surface area contributed by atoms with Gasteiger partial charge in [0.05, 0.1) is 0 Å². The summed E-state index contributed by atoms with van der Waals surface area (Å²) in [5.74, 6) is 2.04. The van der Waals surface area contributed by atoms with Gasteiger partial charge in [-0.15, -0.1) is 0 Å². The Bertz CT molecular complexity index is 434. The maximum atomic E-state index is 12.5. The summed E-state index contributed by atoms with van der Waals surface area (Å²) in [6.45, 7) is 11.1. The first kappa shape index (κ1) is 18.9. The number of piperazine rings is 1. The Hall–Kier alpha value is -0.870. The molecule has 142 valence electrons. The fourth-order valence-electron chi connectivity index (χ4n) is 4.64. The molecule has 4 nitrogen and oxygen atoms in total. The molecular weight excluding hydrogens is 310 g/mol. The fraction of sp³-hybridized carbons (Fsp3) is 0.857. The lowest BCUT2D eigenvalue weighted by Gasteiger charge is -2.36. The lowest BCUT2D eigenvalue weighted by molar-refractivity contribution is -0.133. The third-order valence-corrected chi connectivity index (χ3v) is 6.54. The number of carbonyl (C=O) groups excluding carboxylic acids is 1. The van der Waals surface area contributed by atoms with E-state index in [1.165, 1.54) is 51.7 Å². The summed E-state index contributed by atoms with van der Waals surface area (Å²) in [6.07, 6.45) is 13.1. The lowest BCUT2D eigenvalue weighted by atomic mass is 9.89. The lowest BCUT2D eigenvalue weighted by Crippen LogP contribution is -2.48. The van der Waals surface area contributed by atoms with E-state index in [-0.39, 0.29) is 0 Å². The topological polar surface area (TPSA) is 26.8 Å². The molecule has 3 rings (SSSR count). The molecule has 0 aromatic rings. The molecule has 0 bridgehead atoms. The molecule has 3 aliphatic rings. The Labute approximate surface area is 154 Å². The minimum atomic E-state index is 0.396. The second-order valence-corrected chi connectivity index (χ2v) is 8.25. The average molecular weight is 348 g/mol. The van der Waals surface area contributed by atoms with Crippen molar-refractivity contribution in [1.29, 1.82) is 0 Å². The predicted octanol–water partition coefficient (Wildman–Crippen LogP) is 3.00. The van der Waals surface area contributed by atoms with Crippen LogP contribution in [0.25, 0.3) is 0 Å². The van der Waals surface area contributed by atoms with Gasteiger partial charge in [0.15, 0.2) is 0 Å². The normalized spacial score (nSPS) is 26.9. The first-order valence-electron chi connectivity index (χ1n) is 10.6. The van der Waals surface area contributed by atoms with Crippen molar-refractivity contribution in [3.63, 3.8) is 0 Å². The van der Waals surface area contributed by atoms with Crippen LogP contribution < -0.4 is 0 Å². The molecule has 0 aromatic heterocycles. The van der Waals surface area contributed by atoms with Gasteiger partial charge in [-0.25, -0.2) is 0 Å². The van der Waals surface area contributed by atoms with E-state index < -0.39 is 0 Å². The van der Waals surface area contributed by atoms with Crippen LogP contribution in [0.1, 0.15) is 51.9 Å². The summed E-state index contributed by atoms with van der Waals surface area (Å²) in [6, 6.07) is 0. The van der Waals surface area contributed by atoms with Crippen molar-refractivity contribution < 1.29 is 4.79 Å². The largest absolute Gasteiger partial charge is 0.340 e. The number of carbonyl (C=O) groups is 1. The summed E-state index contributed by atoms with van der Waals surface area (Å²) in [4.78, 5) is 19.7. The molecule has 0 N–H and O–H groups in total. The van der Waals surface area contributed by atoms with Gasteiger partial charge >= 0.3 is 0 Å². The number of likely N-dealkylation sites (tertiary alicyclic amines) is 1. The number of piperidine rings is 1. The number of amides is 1. The van der Waals surface area contributed by atoms with Crippen molar-refractivity contribution in [3.05, 3.63) is 12.2 Å². The van der Waals surface area contributed by atoms with Crippen LogP contribution in [0.4, 0.5) is 0 Å². The monoisotopic (exact) mass is 347 g/mol. The summed E-state index contributed by atoms with van der Waals surface area (Å²) in [7, 11) is 0. The number of likely N-dealkylation sites (N-methyl/N-ethyl adjacent to an activating group) is 1. The van der Waals surface area contributed by atoms with E-state index in [0.717, 1.165) is 57.4 Å². The maximum Gasteiger partial charge on any atom is 0.222 e. The van der Waals surface area contributed by atoms with Gasteiger partial charge in [-0.1, -0.05) is 19.1 Å². The number of hydrogen-bond acceptors (Lipinski definition) is 3. The minimum absolute atomic E-state index is 0.396. The quantitative estimate of drug-likeness (QED) is 0.691. The Balaban J connectivity index is 1.30. The van der Waals surface area contributed by atoms with Crippen LogP contribution in [0.3, 0.4) is 0 Å². The van der Waals surface area contributed by atoms with Gasteiger partial charge < -0.3 is 14.7 Å². The zero-order valence-electron chi connectivity index (χ0n) is 16.2. The molecule has 2 heterocycles. The van der Waals surface area contributed by atoms with Gasteiger partial charge in [-0.05, 0) is 70.0 Å². The number of nitrogens with zero attached hydrogens (tertiary/aromatic N) is 3. The Morgan fingerprint density at radius 1 is 0.920 bits per heavy atom. The molecule has 0 radical (unpaired) electrons. The average Bonchev–Trinajstić information content (AvgIpc) is 2.68. The number of allylic oxidation sites excluding steroid dienone is 2. The highest BCUT2D eigenvalue weighted by atomic mass is 16.2. The fourth-order valence-corrected chi connectivity index (χ4v) is 4.64. The van der Waals surface area contributed by atoms with Crippen LogP contribution in [0.15, 0.2) is 12.2 Å². The van der Waals surface area contributed by atoms with Crippen molar-refractivity contribution in [2.45, 2.75) is 51.9 Å². The first-order chi connectivity index (χ1) is 12.2. The summed E-state index contributed by atoms with van der Waals surface area (Å²) >= 11 is 0. The van der Waals surface area contributed by atoms with E-state index in [2.05, 4.69) is 33.8 Å². The Morgan fingerprint density at radius 3 is 2.32 bits per heavy atom. The van der Waals surface area contributed by atoms with Crippen molar-refractivity contribution in [2.24, 2.45) is 11.8 Å². The standard InChI is InChI=1S/C21H37N3O/c1-2-22-14-16-24(17-15-22)21(25)9-8-19-10-12-23(13-11-19)18-20-6-4-3-5-7-20/h3-4,19-20H,2,5-18H2,1H3/t20-/m0/s1. The minimum Gasteiger partial charge on any atom is -0.340 e. The highest BCUT2D eigenvalue weighted by Crippen LogP contribution is 2.25. The number of rotatable bonds is 6. The van der Waals surface area contributed by atoms with E-state index >= 15 is 0 Å². The zero-order valence-corrected chi connectivity index (χ0v) is 16.2. The molecule has 0 spiro atoms. The first-order valence-corrected chi connectivity index (χ1v) is 10.6. The van der Waals surface area contributed by atoms with Crippen molar-refractivity contribution >= 4 is 5.91 Å². The predicted molar refractivity (Wildman–Crippen MR) is 104 cm³/mol. The highest BCUT2D eigenvalue weighted by molar-refractivity contribution is 5.76. The summed E-state index contributed by atoms with van der Waals surface area (Å²) in [5, 5.41) is 0. The van der Waals surface area contributed by atoms with Crippen molar-refractivity contribution in [1.82, 2.24) is 14.7 Å². The second-order valence-electron chi connectivity index (χ2n) is 8.25. The summed E-state index contributed by atoms with van der Waals surface area (Å²) in [5.41, 5.74) is 0. The van der Waals surface area contributed by atoms with Gasteiger partial charge in [0, 0.05) is 39.1 Å². The van der Waals surface area contributed by atoms with Crippen LogP contribution in [0, 0.1) is 11.8 Å². The van der Waals surface area contributed by atoms with Gasteiger partial charge in [0.25, 0.3) is 0 Å². The summed E-state index contributed by atoms with van der Waals surface area (Å²) < 4.78 is 0. The van der Waals surface area contributed by atoms with Gasteiger partial charge in [0.1, 0.15) is 0 Å². The molecule has 4 heteroatoms. The van der Waals surface area contributed by atoms with Crippen LogP contribution in [-0.4, -0.2) is 73.0 Å². The van der Waals surface area contributed by atoms with Gasteiger partial charge in [-0.3, -0.25) is 4.79 Å². The Morgan fingerprint density at radius 2 is 1.68 bits per heavy atom. The molecule has 2 saturated heterocycles. The van der Waals surface area contributed by atoms with Crippen molar-refractivity contribution in [2.75, 3.05) is 52.4 Å². The molecule has 2 fully saturated rings. The number of hydrogen-bond donors (Lipinski definition) is 0. The van der Waals surface area contributed by atoms with E-state index in [4.69, 9.17) is 0 Å². The van der Waals surface area contributed by atoms with Crippen LogP contribution in [0.5, 0.6) is 0 Å². The molecule has 2 aliphatic heterocycles. The Kier molecular flexibility index (Phi) is 7.35. The molecule has 0 saturated carbocycles. The molecule has 0 unspecified atom stereocenters. The third-order valence-electron chi connectivity index (χ3n) is 6.54. The SMILES string of the molecule is CCN1CCN(C(=O)CCC2CCN(C[C@H]3CC=CCC3)CC2)CC1. The van der Waals surface area contributed by atoms with E-state index in [1.807, 2.05) is 0 Å². The van der Waals surface area contributed by atoms with Crippen molar-refractivity contribution in [3.8, 4) is 0 Å². The second kappa shape index (κ2) is 9.72. The van der Waals surface area contributed by atoms with Gasteiger partial charge in [0.2, 0.25) is 5.91 Å². The van der Waals surface area contributed by atoms with E-state index in [1.54, 1.807) is 0 Å². The molecule has 1 aliphatic carbocycles. The van der Waals surface area contributed by atoms with E-state index in [9.17, 15) is 4.79 Å². The third kappa shape index (κ3) is 5.82. The van der Waals surface area contributed by atoms with Crippen LogP contribution in [-0.2, 0) is 4.79 Å². The molecular formula is C21H37N3O. The van der Waals surface area contributed by atoms with Gasteiger partial charge in [-0.2, -0.15) is 0 Å².